The lowest BCUT2D eigenvalue weighted by molar-refractivity contribution is 0.543. The zero-order chi connectivity index (χ0) is 14.8. The number of hydrogen-bond acceptors (Lipinski definition) is 4. The molecule has 5 nitrogen and oxygen atoms in total. The molecule has 20 heavy (non-hydrogen) atoms. The highest BCUT2D eigenvalue weighted by Gasteiger charge is 2.16. The molecule has 2 aromatic rings. The van der Waals surface area contributed by atoms with Crippen molar-refractivity contribution in [2.24, 2.45) is 12.9 Å². The van der Waals surface area contributed by atoms with Gasteiger partial charge in [-0.3, -0.25) is 16.0 Å². The Morgan fingerprint density at radius 2 is 1.90 bits per heavy atom. The zero-order valence-electron chi connectivity index (χ0n) is 12.6. The molecule has 1 atom stereocenters. The van der Waals surface area contributed by atoms with Crippen molar-refractivity contribution in [3.63, 3.8) is 0 Å². The van der Waals surface area contributed by atoms with Crippen molar-refractivity contribution in [2.75, 3.05) is 0 Å². The van der Waals surface area contributed by atoms with Gasteiger partial charge in [-0.1, -0.05) is 50.3 Å². The van der Waals surface area contributed by atoms with Gasteiger partial charge in [0.2, 0.25) is 0 Å². The lowest BCUT2D eigenvalue weighted by Crippen LogP contribution is -2.29. The molecule has 0 bridgehead atoms. The third kappa shape index (κ3) is 3.43. The molecule has 0 saturated carbocycles. The predicted octanol–water partition coefficient (Wildman–Crippen LogP) is 1.86. The Labute approximate surface area is 120 Å². The van der Waals surface area contributed by atoms with Gasteiger partial charge in [-0.2, -0.15) is 0 Å². The van der Waals surface area contributed by atoms with E-state index in [1.807, 2.05) is 13.2 Å². The van der Waals surface area contributed by atoms with Crippen molar-refractivity contribution in [3.8, 4) is 0 Å². The first kappa shape index (κ1) is 14.7. The summed E-state index contributed by atoms with van der Waals surface area (Å²) in [5, 5.41) is 8.05. The lowest BCUT2D eigenvalue weighted by Gasteiger charge is -2.21. The van der Waals surface area contributed by atoms with E-state index in [4.69, 9.17) is 5.84 Å². The van der Waals surface area contributed by atoms with Crippen molar-refractivity contribution in [1.82, 2.24) is 20.4 Å². The van der Waals surface area contributed by atoms with Gasteiger partial charge in [-0.15, -0.1) is 5.10 Å². The molecule has 1 heterocycles. The highest BCUT2D eigenvalue weighted by atomic mass is 15.4. The van der Waals surface area contributed by atoms with Crippen LogP contribution in [0.3, 0.4) is 0 Å². The van der Waals surface area contributed by atoms with Gasteiger partial charge in [0.25, 0.3) is 0 Å². The van der Waals surface area contributed by atoms with Crippen LogP contribution in [-0.2, 0) is 18.9 Å². The Morgan fingerprint density at radius 1 is 1.25 bits per heavy atom. The quantitative estimate of drug-likeness (QED) is 0.659. The summed E-state index contributed by atoms with van der Waals surface area (Å²) in [6, 6.07) is 8.62. The summed E-state index contributed by atoms with van der Waals surface area (Å²) in [5.74, 6) is 5.68. The van der Waals surface area contributed by atoms with Crippen LogP contribution < -0.4 is 11.3 Å². The van der Waals surface area contributed by atoms with Crippen molar-refractivity contribution < 1.29 is 0 Å². The van der Waals surface area contributed by atoms with Gasteiger partial charge in [0, 0.05) is 19.7 Å². The van der Waals surface area contributed by atoms with Crippen LogP contribution >= 0.6 is 0 Å². The number of nitrogens with two attached hydrogens (primary N) is 1. The summed E-state index contributed by atoms with van der Waals surface area (Å²) < 4.78 is 1.70. The monoisotopic (exact) mass is 273 g/mol. The number of hydrogen-bond donors (Lipinski definition) is 2. The van der Waals surface area contributed by atoms with E-state index in [0.717, 1.165) is 17.7 Å². The summed E-state index contributed by atoms with van der Waals surface area (Å²) in [5.41, 5.74) is 6.42. The maximum atomic E-state index is 5.68. The van der Waals surface area contributed by atoms with Crippen LogP contribution in [0.1, 0.15) is 43.6 Å². The summed E-state index contributed by atoms with van der Waals surface area (Å²) in [6.45, 7) is 6.63. The topological polar surface area (TPSA) is 68.8 Å². The number of benzene rings is 1. The first-order chi connectivity index (χ1) is 9.40. The van der Waals surface area contributed by atoms with Gasteiger partial charge in [0.05, 0.1) is 11.7 Å². The molecule has 1 aromatic carbocycles. The standard InChI is InChI=1S/C15H23N5/c1-15(2,3)12-7-5-11(6-8-12)14(17-16)9-13-10-20(4)19-18-13/h5-8,10,14,17H,9,16H2,1-4H3. The average molecular weight is 273 g/mol. The summed E-state index contributed by atoms with van der Waals surface area (Å²) >= 11 is 0. The molecule has 2 rings (SSSR count). The maximum absolute atomic E-state index is 5.68. The predicted molar refractivity (Wildman–Crippen MR) is 79.9 cm³/mol. The number of nitrogens with zero attached hydrogens (tertiary/aromatic N) is 3. The van der Waals surface area contributed by atoms with E-state index in [9.17, 15) is 0 Å². The van der Waals surface area contributed by atoms with Gasteiger partial charge >= 0.3 is 0 Å². The second-order valence-corrected chi connectivity index (χ2v) is 6.18. The fourth-order valence-electron chi connectivity index (χ4n) is 2.19. The van der Waals surface area contributed by atoms with Crippen LogP contribution in [-0.4, -0.2) is 15.0 Å². The fraction of sp³-hybridized carbons (Fsp3) is 0.467. The molecule has 5 heteroatoms. The molecule has 3 N–H and O–H groups in total. The Hall–Kier alpha value is -1.72. The Morgan fingerprint density at radius 3 is 2.35 bits per heavy atom. The molecular formula is C15H23N5. The molecule has 1 unspecified atom stereocenters. The molecule has 0 amide bonds. The van der Waals surface area contributed by atoms with Crippen molar-refractivity contribution in [3.05, 3.63) is 47.3 Å². The highest BCUT2D eigenvalue weighted by molar-refractivity contribution is 5.29. The minimum Gasteiger partial charge on any atom is -0.271 e. The first-order valence-electron chi connectivity index (χ1n) is 6.82. The maximum Gasteiger partial charge on any atom is 0.0846 e. The summed E-state index contributed by atoms with van der Waals surface area (Å²) in [6.07, 6.45) is 2.63. The number of aryl methyl sites for hydroxylation is 1. The summed E-state index contributed by atoms with van der Waals surface area (Å²) in [4.78, 5) is 0. The number of nitrogens with one attached hydrogen (secondary N) is 1. The lowest BCUT2D eigenvalue weighted by atomic mass is 9.86. The minimum atomic E-state index is 0.0423. The first-order valence-corrected chi connectivity index (χ1v) is 6.82. The van der Waals surface area contributed by atoms with Crippen molar-refractivity contribution >= 4 is 0 Å². The molecule has 0 aliphatic carbocycles. The van der Waals surface area contributed by atoms with Gasteiger partial charge < -0.3 is 0 Å². The van der Waals surface area contributed by atoms with Crippen LogP contribution in [0, 0.1) is 0 Å². The number of hydrazine groups is 1. The Balaban J connectivity index is 2.15. The van der Waals surface area contributed by atoms with Gasteiger partial charge in [-0.05, 0) is 16.5 Å². The van der Waals surface area contributed by atoms with Crippen molar-refractivity contribution in [1.29, 1.82) is 0 Å². The zero-order valence-corrected chi connectivity index (χ0v) is 12.6. The third-order valence-corrected chi connectivity index (χ3v) is 3.44. The van der Waals surface area contributed by atoms with Crippen molar-refractivity contribution in [2.45, 2.75) is 38.6 Å². The SMILES string of the molecule is Cn1cc(CC(NN)c2ccc(C(C)(C)C)cc2)nn1. The normalized spacial score (nSPS) is 13.4. The van der Waals surface area contributed by atoms with E-state index < -0.39 is 0 Å². The molecule has 108 valence electrons. The van der Waals surface area contributed by atoms with Crippen LogP contribution in [0.25, 0.3) is 0 Å². The van der Waals surface area contributed by atoms with Crippen LogP contribution in [0.15, 0.2) is 30.5 Å². The van der Waals surface area contributed by atoms with E-state index in [-0.39, 0.29) is 11.5 Å². The summed E-state index contributed by atoms with van der Waals surface area (Å²) in [7, 11) is 1.86. The average Bonchev–Trinajstić information content (AvgIpc) is 2.81. The number of rotatable bonds is 4. The Kier molecular flexibility index (Phi) is 4.20. The van der Waals surface area contributed by atoms with Gasteiger partial charge in [-0.25, -0.2) is 0 Å². The molecule has 0 radical (unpaired) electrons. The minimum absolute atomic E-state index is 0.0423. The third-order valence-electron chi connectivity index (χ3n) is 3.44. The van der Waals surface area contributed by atoms with E-state index in [1.54, 1.807) is 4.68 Å². The largest absolute Gasteiger partial charge is 0.271 e. The van der Waals surface area contributed by atoms with Crippen LogP contribution in [0.5, 0.6) is 0 Å². The fourth-order valence-corrected chi connectivity index (χ4v) is 2.19. The second kappa shape index (κ2) is 5.73. The highest BCUT2D eigenvalue weighted by Crippen LogP contribution is 2.24. The van der Waals surface area contributed by atoms with Crippen LogP contribution in [0.4, 0.5) is 0 Å². The molecule has 0 aliphatic heterocycles. The van der Waals surface area contributed by atoms with E-state index >= 15 is 0 Å². The van der Waals surface area contributed by atoms with Gasteiger partial charge in [0.15, 0.2) is 0 Å². The molecule has 0 aliphatic rings. The van der Waals surface area contributed by atoms with E-state index in [0.29, 0.717) is 0 Å². The van der Waals surface area contributed by atoms with Gasteiger partial charge in [0.1, 0.15) is 0 Å². The van der Waals surface area contributed by atoms with Crippen LogP contribution in [0.2, 0.25) is 0 Å². The second-order valence-electron chi connectivity index (χ2n) is 6.18. The smallest absolute Gasteiger partial charge is 0.0846 e. The van der Waals surface area contributed by atoms with E-state index in [2.05, 4.69) is 60.8 Å². The molecule has 0 spiro atoms. The molecular weight excluding hydrogens is 250 g/mol. The van der Waals surface area contributed by atoms with E-state index in [1.165, 1.54) is 5.56 Å². The Bertz CT molecular complexity index is 550. The molecule has 0 fully saturated rings. The molecule has 0 saturated heterocycles. The molecule has 1 aromatic heterocycles. The number of aromatic nitrogens is 3.